The highest BCUT2D eigenvalue weighted by atomic mass is 16.5. The lowest BCUT2D eigenvalue weighted by atomic mass is 10.1. The lowest BCUT2D eigenvalue weighted by Gasteiger charge is -2.22. The van der Waals surface area contributed by atoms with Gasteiger partial charge in [0.15, 0.2) is 6.61 Å². The number of nitrogens with zero attached hydrogens (tertiary/aromatic N) is 3. The fourth-order valence-electron chi connectivity index (χ4n) is 5.39. The lowest BCUT2D eigenvalue weighted by Crippen LogP contribution is -2.45. The standard InChI is InChI=1S/C32H39N5O5/c1-21(2)14-37-20-33-13-25(37)15-36-16-29-30(17-36)42-26-7-5-22(6-8-26)12-34-31(38)19-41-28-10-24(32(39)35-29)9-27(11-28)40-18-23-3-4-23/h5-11,13,20-21,23,29-30H,3-4,12,14-19H2,1-2H3,(H,34,38)(H,35,39)/t29-,30-/m0/s1. The maximum atomic E-state index is 13.7. The molecule has 10 heteroatoms. The summed E-state index contributed by atoms with van der Waals surface area (Å²) in [6.07, 6.45) is 5.85. The smallest absolute Gasteiger partial charge is 0.258 e. The third kappa shape index (κ3) is 7.23. The zero-order valence-corrected chi connectivity index (χ0v) is 24.3. The summed E-state index contributed by atoms with van der Waals surface area (Å²) in [6, 6.07) is 12.6. The molecule has 1 saturated heterocycles. The quantitative estimate of drug-likeness (QED) is 0.446. The van der Waals surface area contributed by atoms with Crippen LogP contribution >= 0.6 is 0 Å². The van der Waals surface area contributed by atoms with Crippen molar-refractivity contribution in [2.45, 2.75) is 58.5 Å². The average Bonchev–Trinajstić information content (AvgIpc) is 3.60. The molecule has 1 aliphatic carbocycles. The Morgan fingerprint density at radius 3 is 2.69 bits per heavy atom. The molecule has 10 nitrogen and oxygen atoms in total. The molecule has 3 aliphatic heterocycles. The van der Waals surface area contributed by atoms with E-state index in [1.54, 1.807) is 18.2 Å². The molecule has 1 saturated carbocycles. The van der Waals surface area contributed by atoms with Gasteiger partial charge in [0.2, 0.25) is 0 Å². The Balaban J connectivity index is 1.25. The topological polar surface area (TPSA) is 107 Å². The van der Waals surface area contributed by atoms with Crippen LogP contribution in [-0.4, -0.2) is 64.7 Å². The van der Waals surface area contributed by atoms with E-state index in [0.717, 1.165) is 30.6 Å². The van der Waals surface area contributed by atoms with E-state index in [0.29, 0.717) is 67.4 Å². The second kappa shape index (κ2) is 12.4. The fourth-order valence-corrected chi connectivity index (χ4v) is 5.39. The minimum absolute atomic E-state index is 0.165. The number of aromatic nitrogens is 2. The van der Waals surface area contributed by atoms with Crippen LogP contribution in [0.15, 0.2) is 55.0 Å². The van der Waals surface area contributed by atoms with Crippen molar-refractivity contribution in [2.24, 2.45) is 11.8 Å². The van der Waals surface area contributed by atoms with Crippen LogP contribution < -0.4 is 24.8 Å². The predicted octanol–water partition coefficient (Wildman–Crippen LogP) is 3.40. The Labute approximate surface area is 246 Å². The zero-order valence-electron chi connectivity index (χ0n) is 24.3. The van der Waals surface area contributed by atoms with Gasteiger partial charge in [0.25, 0.3) is 11.8 Å². The van der Waals surface area contributed by atoms with Crippen LogP contribution in [0.25, 0.3) is 0 Å². The molecule has 42 heavy (non-hydrogen) atoms. The van der Waals surface area contributed by atoms with Gasteiger partial charge >= 0.3 is 0 Å². The maximum absolute atomic E-state index is 13.7. The lowest BCUT2D eigenvalue weighted by molar-refractivity contribution is -0.123. The second-order valence-electron chi connectivity index (χ2n) is 12.0. The Morgan fingerprint density at radius 1 is 1.07 bits per heavy atom. The molecule has 4 heterocycles. The third-order valence-corrected chi connectivity index (χ3v) is 7.80. The van der Waals surface area contributed by atoms with Gasteiger partial charge in [0.1, 0.15) is 23.4 Å². The van der Waals surface area contributed by atoms with Crippen LogP contribution in [0.1, 0.15) is 48.3 Å². The molecule has 0 spiro atoms. The van der Waals surface area contributed by atoms with Gasteiger partial charge < -0.3 is 29.4 Å². The number of hydrogen-bond donors (Lipinski definition) is 2. The Morgan fingerprint density at radius 2 is 1.90 bits per heavy atom. The fraction of sp³-hybridized carbons (Fsp3) is 0.469. The van der Waals surface area contributed by atoms with Gasteiger partial charge in [-0.2, -0.15) is 0 Å². The monoisotopic (exact) mass is 573 g/mol. The van der Waals surface area contributed by atoms with Crippen molar-refractivity contribution in [1.82, 2.24) is 25.1 Å². The summed E-state index contributed by atoms with van der Waals surface area (Å²) in [6.45, 7) is 8.08. The van der Waals surface area contributed by atoms with Gasteiger partial charge in [-0.15, -0.1) is 0 Å². The number of hydrogen-bond acceptors (Lipinski definition) is 7. The van der Waals surface area contributed by atoms with Crippen molar-refractivity contribution >= 4 is 11.8 Å². The molecular formula is C32H39N5O5. The van der Waals surface area contributed by atoms with Crippen molar-refractivity contribution in [3.63, 3.8) is 0 Å². The van der Waals surface area contributed by atoms with E-state index in [2.05, 4.69) is 38.9 Å². The molecular weight excluding hydrogens is 534 g/mol. The van der Waals surface area contributed by atoms with E-state index in [4.69, 9.17) is 14.2 Å². The van der Waals surface area contributed by atoms with Crippen molar-refractivity contribution < 1.29 is 23.8 Å². The minimum atomic E-state index is -0.262. The van der Waals surface area contributed by atoms with Crippen LogP contribution in [-0.2, 0) is 24.4 Å². The number of carbonyl (C=O) groups is 2. The first-order valence-corrected chi connectivity index (χ1v) is 14.8. The van der Waals surface area contributed by atoms with Gasteiger partial charge in [0.05, 0.1) is 24.7 Å². The Hall–Kier alpha value is -4.05. The molecule has 2 aromatic carbocycles. The van der Waals surface area contributed by atoms with Gasteiger partial charge in [-0.1, -0.05) is 26.0 Å². The van der Waals surface area contributed by atoms with Gasteiger partial charge in [-0.3, -0.25) is 14.5 Å². The number of amides is 2. The van der Waals surface area contributed by atoms with Crippen molar-refractivity contribution in [3.05, 3.63) is 71.8 Å². The van der Waals surface area contributed by atoms with Crippen LogP contribution in [0.3, 0.4) is 0 Å². The summed E-state index contributed by atoms with van der Waals surface area (Å²) in [5, 5.41) is 6.11. The van der Waals surface area contributed by atoms with E-state index in [1.165, 1.54) is 0 Å². The summed E-state index contributed by atoms with van der Waals surface area (Å²) in [4.78, 5) is 32.8. The van der Waals surface area contributed by atoms with Crippen LogP contribution in [0.2, 0.25) is 0 Å². The van der Waals surface area contributed by atoms with Crippen molar-refractivity contribution in [2.75, 3.05) is 26.3 Å². The van der Waals surface area contributed by atoms with Crippen molar-refractivity contribution in [1.29, 1.82) is 0 Å². The highest BCUT2D eigenvalue weighted by molar-refractivity contribution is 5.95. The Bertz CT molecular complexity index is 1400. The summed E-state index contributed by atoms with van der Waals surface area (Å²) in [5.41, 5.74) is 2.51. The van der Waals surface area contributed by atoms with Crippen LogP contribution in [0.4, 0.5) is 0 Å². The molecule has 0 radical (unpaired) electrons. The van der Waals surface area contributed by atoms with Crippen molar-refractivity contribution in [3.8, 4) is 17.2 Å². The number of carbonyl (C=O) groups excluding carboxylic acids is 2. The van der Waals surface area contributed by atoms with E-state index in [1.807, 2.05) is 36.8 Å². The molecule has 4 aliphatic rings. The SMILES string of the molecule is CC(C)Cn1cncc1CN1C[C@@H]2NC(=O)c3cc(cc(OCC4CC4)c3)OCC(=O)NCc3ccc(cc3)O[C@H]2C1. The summed E-state index contributed by atoms with van der Waals surface area (Å²) < 4.78 is 20.5. The molecule has 2 fully saturated rings. The van der Waals surface area contributed by atoms with E-state index >= 15 is 0 Å². The molecule has 1 aromatic heterocycles. The van der Waals surface area contributed by atoms with Gasteiger partial charge in [-0.25, -0.2) is 4.98 Å². The summed E-state index contributed by atoms with van der Waals surface area (Å²) in [7, 11) is 0. The highest BCUT2D eigenvalue weighted by Crippen LogP contribution is 2.31. The second-order valence-corrected chi connectivity index (χ2v) is 12.0. The normalized spacial score (nSPS) is 21.2. The molecule has 2 amide bonds. The summed E-state index contributed by atoms with van der Waals surface area (Å²) >= 11 is 0. The maximum Gasteiger partial charge on any atom is 0.258 e. The number of imidazole rings is 1. The number of ether oxygens (including phenoxy) is 3. The van der Waals surface area contributed by atoms with E-state index < -0.39 is 0 Å². The predicted molar refractivity (Wildman–Crippen MR) is 156 cm³/mol. The highest BCUT2D eigenvalue weighted by Gasteiger charge is 2.36. The number of nitrogens with one attached hydrogen (secondary N) is 2. The number of likely N-dealkylation sites (tertiary alicyclic amines) is 1. The van der Waals surface area contributed by atoms with E-state index in [9.17, 15) is 9.59 Å². The zero-order chi connectivity index (χ0) is 29.1. The molecule has 4 bridgehead atoms. The number of fused-ring (bicyclic) bond motifs is 7. The Kier molecular flexibility index (Phi) is 8.32. The first-order chi connectivity index (χ1) is 20.4. The first kappa shape index (κ1) is 28.1. The van der Waals surface area contributed by atoms with E-state index in [-0.39, 0.29) is 30.6 Å². The number of rotatable bonds is 7. The summed E-state index contributed by atoms with van der Waals surface area (Å²) in [5.74, 6) is 2.25. The molecule has 222 valence electrons. The van der Waals surface area contributed by atoms with Crippen LogP contribution in [0.5, 0.6) is 17.2 Å². The minimum Gasteiger partial charge on any atom is -0.493 e. The average molecular weight is 574 g/mol. The van der Waals surface area contributed by atoms with Gasteiger partial charge in [-0.05, 0) is 54.5 Å². The number of benzene rings is 2. The molecule has 7 rings (SSSR count). The van der Waals surface area contributed by atoms with Crippen LogP contribution in [0, 0.1) is 11.8 Å². The molecule has 0 unspecified atom stereocenters. The molecule has 2 N–H and O–H groups in total. The first-order valence-electron chi connectivity index (χ1n) is 14.8. The largest absolute Gasteiger partial charge is 0.493 e. The molecule has 2 atom stereocenters. The van der Waals surface area contributed by atoms with Gasteiger partial charge in [0, 0.05) is 50.6 Å². The molecule has 3 aromatic rings. The third-order valence-electron chi connectivity index (χ3n) is 7.80.